The van der Waals surface area contributed by atoms with Crippen LogP contribution in [0.5, 0.6) is 5.75 Å². The first-order chi connectivity index (χ1) is 10.6. The van der Waals surface area contributed by atoms with E-state index in [1.165, 1.54) is 51.4 Å². The predicted molar refractivity (Wildman–Crippen MR) is 95.9 cm³/mol. The summed E-state index contributed by atoms with van der Waals surface area (Å²) in [4.78, 5) is 6.57. The molecular formula is C19H34N2O. The highest BCUT2D eigenvalue weighted by molar-refractivity contribution is 5.47. The van der Waals surface area contributed by atoms with Crippen molar-refractivity contribution in [2.45, 2.75) is 78.1 Å². The fourth-order valence-electron chi connectivity index (χ4n) is 2.72. The summed E-state index contributed by atoms with van der Waals surface area (Å²) < 4.78 is 0. The van der Waals surface area contributed by atoms with E-state index in [4.69, 9.17) is 0 Å². The molecule has 22 heavy (non-hydrogen) atoms. The Balaban J connectivity index is 2.27. The zero-order valence-corrected chi connectivity index (χ0v) is 15.0. The normalized spacial score (nSPS) is 10.9. The number of anilines is 1. The maximum Gasteiger partial charge on any atom is 0.140 e. The van der Waals surface area contributed by atoms with Crippen LogP contribution in [0.1, 0.15) is 76.0 Å². The van der Waals surface area contributed by atoms with Crippen LogP contribution in [0.15, 0.2) is 6.07 Å². The molecule has 1 heterocycles. The van der Waals surface area contributed by atoms with Crippen molar-refractivity contribution < 1.29 is 5.11 Å². The van der Waals surface area contributed by atoms with Crippen LogP contribution in [0.25, 0.3) is 0 Å². The first-order valence-electron chi connectivity index (χ1n) is 8.93. The van der Waals surface area contributed by atoms with Crippen molar-refractivity contribution >= 4 is 5.82 Å². The highest BCUT2D eigenvalue weighted by atomic mass is 16.3. The zero-order valence-electron chi connectivity index (χ0n) is 15.0. The molecule has 0 atom stereocenters. The fourth-order valence-corrected chi connectivity index (χ4v) is 2.72. The Morgan fingerprint density at radius 3 is 2.05 bits per heavy atom. The molecule has 3 heteroatoms. The van der Waals surface area contributed by atoms with Gasteiger partial charge in [-0.15, -0.1) is 0 Å². The van der Waals surface area contributed by atoms with Gasteiger partial charge in [0.15, 0.2) is 0 Å². The monoisotopic (exact) mass is 306 g/mol. The van der Waals surface area contributed by atoms with E-state index in [1.54, 1.807) is 0 Å². The van der Waals surface area contributed by atoms with Gasteiger partial charge in [-0.05, 0) is 31.4 Å². The van der Waals surface area contributed by atoms with Crippen LogP contribution in [-0.4, -0.2) is 24.2 Å². The quantitative estimate of drug-likeness (QED) is 0.568. The summed E-state index contributed by atoms with van der Waals surface area (Å²) in [5.74, 6) is 1.31. The van der Waals surface area contributed by atoms with Crippen molar-refractivity contribution in [2.75, 3.05) is 19.0 Å². The Morgan fingerprint density at radius 2 is 1.50 bits per heavy atom. The van der Waals surface area contributed by atoms with Crippen LogP contribution in [0.3, 0.4) is 0 Å². The molecule has 1 N–H and O–H groups in total. The molecule has 126 valence electrons. The van der Waals surface area contributed by atoms with Crippen LogP contribution in [0, 0.1) is 6.92 Å². The number of rotatable bonds is 11. The van der Waals surface area contributed by atoms with Gasteiger partial charge in [-0.25, -0.2) is 4.98 Å². The van der Waals surface area contributed by atoms with E-state index in [0.717, 1.165) is 29.9 Å². The number of aryl methyl sites for hydroxylation is 2. The smallest absolute Gasteiger partial charge is 0.140 e. The predicted octanol–water partition coefficient (Wildman–Crippen LogP) is 5.23. The van der Waals surface area contributed by atoms with Gasteiger partial charge in [0.05, 0.1) is 5.69 Å². The van der Waals surface area contributed by atoms with E-state index < -0.39 is 0 Å². The number of nitrogens with zero attached hydrogens (tertiary/aromatic N) is 2. The van der Waals surface area contributed by atoms with Crippen molar-refractivity contribution in [2.24, 2.45) is 0 Å². The van der Waals surface area contributed by atoms with Gasteiger partial charge in [-0.3, -0.25) is 0 Å². The Kier molecular flexibility index (Phi) is 8.95. The second kappa shape index (κ2) is 10.5. The van der Waals surface area contributed by atoms with Gasteiger partial charge >= 0.3 is 0 Å². The van der Waals surface area contributed by atoms with Crippen molar-refractivity contribution in [3.05, 3.63) is 17.3 Å². The van der Waals surface area contributed by atoms with Crippen LogP contribution >= 0.6 is 0 Å². The lowest BCUT2D eigenvalue weighted by molar-refractivity contribution is 0.457. The standard InChI is InChI=1S/C19H34N2O/c1-5-6-7-8-9-10-11-12-13-14-17-19(22)16(2)15-18(20-17)21(3)4/h15,22H,5-14H2,1-4H3. The molecule has 0 spiro atoms. The first kappa shape index (κ1) is 18.8. The Morgan fingerprint density at radius 1 is 0.955 bits per heavy atom. The summed E-state index contributed by atoms with van der Waals surface area (Å²) in [5, 5.41) is 10.1. The van der Waals surface area contributed by atoms with E-state index in [2.05, 4.69) is 11.9 Å². The van der Waals surface area contributed by atoms with Crippen molar-refractivity contribution in [3.63, 3.8) is 0 Å². The van der Waals surface area contributed by atoms with Gasteiger partial charge in [0.1, 0.15) is 11.6 Å². The van der Waals surface area contributed by atoms with E-state index >= 15 is 0 Å². The fraction of sp³-hybridized carbons (Fsp3) is 0.737. The maximum atomic E-state index is 10.1. The van der Waals surface area contributed by atoms with E-state index in [1.807, 2.05) is 32.0 Å². The minimum absolute atomic E-state index is 0.380. The van der Waals surface area contributed by atoms with Crippen molar-refractivity contribution in [3.8, 4) is 5.75 Å². The first-order valence-corrected chi connectivity index (χ1v) is 8.93. The largest absolute Gasteiger partial charge is 0.506 e. The average Bonchev–Trinajstić information content (AvgIpc) is 2.49. The highest BCUT2D eigenvalue weighted by Gasteiger charge is 2.09. The number of pyridine rings is 1. The van der Waals surface area contributed by atoms with Crippen LogP contribution < -0.4 is 4.90 Å². The lowest BCUT2D eigenvalue weighted by Crippen LogP contribution is -2.12. The molecule has 0 saturated heterocycles. The van der Waals surface area contributed by atoms with E-state index in [0.29, 0.717) is 5.75 Å². The molecular weight excluding hydrogens is 272 g/mol. The molecule has 0 bridgehead atoms. The third-order valence-electron chi connectivity index (χ3n) is 4.22. The number of aromatic nitrogens is 1. The number of unbranched alkanes of at least 4 members (excludes halogenated alkanes) is 8. The zero-order chi connectivity index (χ0) is 16.4. The van der Waals surface area contributed by atoms with Gasteiger partial charge in [-0.1, -0.05) is 58.3 Å². The van der Waals surface area contributed by atoms with Crippen LogP contribution in [0.4, 0.5) is 5.82 Å². The van der Waals surface area contributed by atoms with E-state index in [9.17, 15) is 5.11 Å². The summed E-state index contributed by atoms with van der Waals surface area (Å²) in [7, 11) is 3.97. The molecule has 1 rings (SSSR count). The molecule has 0 aromatic carbocycles. The number of aromatic hydroxyl groups is 1. The second-order valence-corrected chi connectivity index (χ2v) is 6.57. The molecule has 0 radical (unpaired) electrons. The molecule has 0 aliphatic rings. The molecule has 0 saturated carbocycles. The lowest BCUT2D eigenvalue weighted by Gasteiger charge is -2.15. The van der Waals surface area contributed by atoms with Crippen molar-refractivity contribution in [1.82, 2.24) is 4.98 Å². The lowest BCUT2D eigenvalue weighted by atomic mass is 10.0. The van der Waals surface area contributed by atoms with Gasteiger partial charge in [-0.2, -0.15) is 0 Å². The minimum Gasteiger partial charge on any atom is -0.506 e. The van der Waals surface area contributed by atoms with Gasteiger partial charge in [0.2, 0.25) is 0 Å². The van der Waals surface area contributed by atoms with Gasteiger partial charge in [0.25, 0.3) is 0 Å². The maximum absolute atomic E-state index is 10.1. The Hall–Kier alpha value is -1.25. The summed E-state index contributed by atoms with van der Waals surface area (Å²) in [6.07, 6.45) is 12.7. The third kappa shape index (κ3) is 6.67. The molecule has 0 aliphatic carbocycles. The van der Waals surface area contributed by atoms with Crippen LogP contribution in [-0.2, 0) is 6.42 Å². The molecule has 0 unspecified atom stereocenters. The molecule has 1 aromatic heterocycles. The summed E-state index contributed by atoms with van der Waals surface area (Å²) >= 11 is 0. The van der Waals surface area contributed by atoms with Gasteiger partial charge < -0.3 is 10.0 Å². The molecule has 0 fully saturated rings. The van der Waals surface area contributed by atoms with Crippen molar-refractivity contribution in [1.29, 1.82) is 0 Å². The minimum atomic E-state index is 0.380. The molecule has 0 amide bonds. The summed E-state index contributed by atoms with van der Waals surface area (Å²) in [6.45, 7) is 4.21. The summed E-state index contributed by atoms with van der Waals surface area (Å²) in [5.41, 5.74) is 1.77. The average molecular weight is 306 g/mol. The summed E-state index contributed by atoms with van der Waals surface area (Å²) in [6, 6.07) is 1.94. The highest BCUT2D eigenvalue weighted by Crippen LogP contribution is 2.26. The number of hydrogen-bond acceptors (Lipinski definition) is 3. The topological polar surface area (TPSA) is 36.4 Å². The number of hydrogen-bond donors (Lipinski definition) is 1. The molecule has 3 nitrogen and oxygen atoms in total. The van der Waals surface area contributed by atoms with Crippen LogP contribution in [0.2, 0.25) is 0 Å². The second-order valence-electron chi connectivity index (χ2n) is 6.57. The van der Waals surface area contributed by atoms with E-state index in [-0.39, 0.29) is 0 Å². The SMILES string of the molecule is CCCCCCCCCCCc1nc(N(C)C)cc(C)c1O. The Bertz CT molecular complexity index is 430. The molecule has 0 aliphatic heterocycles. The van der Waals surface area contributed by atoms with Gasteiger partial charge in [0, 0.05) is 14.1 Å². The molecule has 1 aromatic rings. The Labute approximate surface area is 136 Å². The third-order valence-corrected chi connectivity index (χ3v) is 4.22.